The Bertz CT molecular complexity index is 1310. The highest BCUT2D eigenvalue weighted by Crippen LogP contribution is 2.36. The molecule has 0 bridgehead atoms. The number of ether oxygens (including phenoxy) is 1. The lowest BCUT2D eigenvalue weighted by atomic mass is 10.0. The van der Waals surface area contributed by atoms with Crippen molar-refractivity contribution in [2.24, 2.45) is 0 Å². The zero-order valence-corrected chi connectivity index (χ0v) is 18.5. The molecule has 0 unspecified atom stereocenters. The molecule has 0 aliphatic carbocycles. The van der Waals surface area contributed by atoms with E-state index in [-0.39, 0.29) is 17.9 Å². The van der Waals surface area contributed by atoms with Crippen molar-refractivity contribution >= 4 is 16.0 Å². The van der Waals surface area contributed by atoms with Gasteiger partial charge in [0, 0.05) is 5.56 Å². The van der Waals surface area contributed by atoms with E-state index in [1.807, 2.05) is 66.7 Å². The molecule has 0 amide bonds. The normalized spacial score (nSPS) is 11.3. The van der Waals surface area contributed by atoms with E-state index in [4.69, 9.17) is 4.74 Å². The van der Waals surface area contributed by atoms with Crippen LogP contribution in [0.25, 0.3) is 22.4 Å². The molecule has 0 aliphatic heterocycles. The summed E-state index contributed by atoms with van der Waals surface area (Å²) in [6.07, 6.45) is -0.170. The van der Waals surface area contributed by atoms with E-state index >= 15 is 0 Å². The van der Waals surface area contributed by atoms with Crippen LogP contribution in [0.5, 0.6) is 0 Å². The molecular formula is C26H23NO4S. The van der Waals surface area contributed by atoms with Gasteiger partial charge in [0.1, 0.15) is 0 Å². The highest BCUT2D eigenvalue weighted by Gasteiger charge is 2.29. The van der Waals surface area contributed by atoms with Gasteiger partial charge >= 0.3 is 5.97 Å². The van der Waals surface area contributed by atoms with E-state index < -0.39 is 16.0 Å². The van der Waals surface area contributed by atoms with Crippen molar-refractivity contribution < 1.29 is 17.9 Å². The molecule has 0 radical (unpaired) electrons. The zero-order chi connectivity index (χ0) is 22.6. The van der Waals surface area contributed by atoms with Gasteiger partial charge in [0.2, 0.25) is 0 Å². The smallest absolute Gasteiger partial charge is 0.311 e. The topological polar surface area (TPSA) is 65.4 Å². The van der Waals surface area contributed by atoms with Gasteiger partial charge in [-0.1, -0.05) is 78.9 Å². The highest BCUT2D eigenvalue weighted by molar-refractivity contribution is 7.90. The summed E-state index contributed by atoms with van der Waals surface area (Å²) < 4.78 is 34.2. The van der Waals surface area contributed by atoms with Crippen LogP contribution in [0.1, 0.15) is 12.6 Å². The van der Waals surface area contributed by atoms with E-state index in [9.17, 15) is 13.2 Å². The third-order valence-corrected chi connectivity index (χ3v) is 6.87. The first-order chi connectivity index (χ1) is 15.5. The van der Waals surface area contributed by atoms with E-state index in [1.165, 1.54) is 3.97 Å². The number of carbonyl (C=O) groups excluding carboxylic acids is 1. The molecule has 32 heavy (non-hydrogen) atoms. The quantitative estimate of drug-likeness (QED) is 0.368. The molecule has 0 N–H and O–H groups in total. The second kappa shape index (κ2) is 9.24. The number of esters is 1. The lowest BCUT2D eigenvalue weighted by molar-refractivity contribution is -0.142. The van der Waals surface area contributed by atoms with E-state index in [1.54, 1.807) is 37.3 Å². The van der Waals surface area contributed by atoms with Gasteiger partial charge in [-0.3, -0.25) is 4.79 Å². The number of aromatic nitrogens is 1. The third-order valence-electron chi connectivity index (χ3n) is 5.11. The average molecular weight is 446 g/mol. The minimum atomic E-state index is -3.99. The summed E-state index contributed by atoms with van der Waals surface area (Å²) in [5, 5.41) is 0. The molecule has 6 heteroatoms. The molecule has 0 atom stereocenters. The lowest BCUT2D eigenvalue weighted by Gasteiger charge is -2.15. The average Bonchev–Trinajstić information content (AvgIpc) is 3.21. The van der Waals surface area contributed by atoms with Gasteiger partial charge in [-0.05, 0) is 36.2 Å². The maximum Gasteiger partial charge on any atom is 0.311 e. The Balaban J connectivity index is 2.04. The molecule has 4 aromatic rings. The summed E-state index contributed by atoms with van der Waals surface area (Å²) in [6.45, 7) is 1.95. The van der Waals surface area contributed by atoms with Crippen LogP contribution >= 0.6 is 0 Å². The SMILES string of the molecule is CCOC(=O)Cc1c(-c2ccccc2)cc(-c2ccccc2)n1S(=O)(=O)c1ccccc1. The Morgan fingerprint density at radius 3 is 1.91 bits per heavy atom. The van der Waals surface area contributed by atoms with Gasteiger partial charge in [0.15, 0.2) is 0 Å². The Morgan fingerprint density at radius 2 is 1.34 bits per heavy atom. The van der Waals surface area contributed by atoms with Crippen molar-refractivity contribution in [1.82, 2.24) is 3.97 Å². The van der Waals surface area contributed by atoms with Crippen molar-refractivity contribution in [3.8, 4) is 22.4 Å². The predicted molar refractivity (Wildman–Crippen MR) is 125 cm³/mol. The monoisotopic (exact) mass is 445 g/mol. The Hall–Kier alpha value is -3.64. The minimum Gasteiger partial charge on any atom is -0.466 e. The Morgan fingerprint density at radius 1 is 0.812 bits per heavy atom. The third kappa shape index (κ3) is 4.22. The summed E-state index contributed by atoms with van der Waals surface area (Å²) in [7, 11) is -3.99. The van der Waals surface area contributed by atoms with Gasteiger partial charge in [0.25, 0.3) is 10.0 Å². The molecule has 5 nitrogen and oxygen atoms in total. The maximum absolute atomic E-state index is 13.8. The van der Waals surface area contributed by atoms with Crippen LogP contribution in [0, 0.1) is 0 Å². The number of hydrogen-bond acceptors (Lipinski definition) is 4. The number of benzene rings is 3. The van der Waals surface area contributed by atoms with Crippen LogP contribution < -0.4 is 0 Å². The van der Waals surface area contributed by atoms with Crippen molar-refractivity contribution in [3.63, 3.8) is 0 Å². The largest absolute Gasteiger partial charge is 0.466 e. The van der Waals surface area contributed by atoms with Gasteiger partial charge in [-0.2, -0.15) is 0 Å². The number of carbonyl (C=O) groups is 1. The van der Waals surface area contributed by atoms with Crippen LogP contribution in [-0.4, -0.2) is 25.0 Å². The van der Waals surface area contributed by atoms with E-state index in [0.29, 0.717) is 17.0 Å². The van der Waals surface area contributed by atoms with Gasteiger partial charge in [0.05, 0.1) is 29.3 Å². The highest BCUT2D eigenvalue weighted by atomic mass is 32.2. The van der Waals surface area contributed by atoms with Crippen molar-refractivity contribution in [2.45, 2.75) is 18.2 Å². The molecule has 0 spiro atoms. The van der Waals surface area contributed by atoms with Crippen molar-refractivity contribution in [3.05, 3.63) is 103 Å². The molecular weight excluding hydrogens is 422 g/mol. The molecule has 3 aromatic carbocycles. The number of nitrogens with zero attached hydrogens (tertiary/aromatic N) is 1. The summed E-state index contributed by atoms with van der Waals surface area (Å²) in [6, 6.07) is 28.8. The molecule has 4 rings (SSSR count). The Labute approximate surface area is 188 Å². The van der Waals surface area contributed by atoms with Crippen LogP contribution in [0.2, 0.25) is 0 Å². The van der Waals surface area contributed by atoms with Crippen molar-refractivity contribution in [2.75, 3.05) is 6.61 Å². The second-order valence-corrected chi connectivity index (χ2v) is 8.97. The first-order valence-corrected chi connectivity index (χ1v) is 11.8. The summed E-state index contributed by atoms with van der Waals surface area (Å²) in [4.78, 5) is 12.7. The molecule has 162 valence electrons. The summed E-state index contributed by atoms with van der Waals surface area (Å²) in [5.41, 5.74) is 3.10. The number of rotatable bonds is 7. The first kappa shape index (κ1) is 21.6. The number of hydrogen-bond donors (Lipinski definition) is 0. The zero-order valence-electron chi connectivity index (χ0n) is 17.6. The van der Waals surface area contributed by atoms with Crippen molar-refractivity contribution in [1.29, 1.82) is 0 Å². The molecule has 1 heterocycles. The summed E-state index contributed by atoms with van der Waals surface area (Å²) in [5.74, 6) is -0.480. The lowest BCUT2D eigenvalue weighted by Crippen LogP contribution is -2.20. The molecule has 0 saturated carbocycles. The van der Waals surface area contributed by atoms with Crippen LogP contribution in [0.15, 0.2) is 102 Å². The molecule has 0 fully saturated rings. The predicted octanol–water partition coefficient (Wildman–Crippen LogP) is 5.16. The van der Waals surface area contributed by atoms with E-state index in [2.05, 4.69) is 0 Å². The first-order valence-electron chi connectivity index (χ1n) is 10.3. The minimum absolute atomic E-state index is 0.150. The molecule has 1 aromatic heterocycles. The van der Waals surface area contributed by atoms with Crippen LogP contribution in [0.4, 0.5) is 0 Å². The van der Waals surface area contributed by atoms with Crippen LogP contribution in [0.3, 0.4) is 0 Å². The van der Waals surface area contributed by atoms with E-state index in [0.717, 1.165) is 11.1 Å². The fraction of sp³-hybridized carbons (Fsp3) is 0.115. The fourth-order valence-corrected chi connectivity index (χ4v) is 5.28. The molecule has 0 aliphatic rings. The Kier molecular flexibility index (Phi) is 6.23. The standard InChI is InChI=1S/C26H23NO4S/c1-2-31-26(28)19-25-23(20-12-6-3-7-13-20)18-24(21-14-8-4-9-15-21)27(25)32(29,30)22-16-10-5-11-17-22/h3-18H,2,19H2,1H3. The van der Waals surface area contributed by atoms with Gasteiger partial charge in [-0.25, -0.2) is 12.4 Å². The maximum atomic E-state index is 13.8. The van der Waals surface area contributed by atoms with Gasteiger partial charge in [-0.15, -0.1) is 0 Å². The summed E-state index contributed by atoms with van der Waals surface area (Å²) >= 11 is 0. The fourth-order valence-electron chi connectivity index (χ4n) is 3.70. The second-order valence-electron chi connectivity index (χ2n) is 7.19. The van der Waals surface area contributed by atoms with Crippen LogP contribution in [-0.2, 0) is 26.0 Å². The van der Waals surface area contributed by atoms with Gasteiger partial charge < -0.3 is 4.74 Å². The molecule has 0 saturated heterocycles.